The van der Waals surface area contributed by atoms with Crippen molar-refractivity contribution >= 4 is 0 Å². The Morgan fingerprint density at radius 1 is 1.62 bits per heavy atom. The molecule has 1 unspecified atom stereocenters. The third kappa shape index (κ3) is 1.69. The molecule has 1 N–H and O–H groups in total. The van der Waals surface area contributed by atoms with Gasteiger partial charge in [0.25, 0.3) is 6.01 Å². The lowest BCUT2D eigenvalue weighted by molar-refractivity contribution is 0.315. The van der Waals surface area contributed by atoms with Crippen molar-refractivity contribution in [2.45, 2.75) is 33.1 Å². The van der Waals surface area contributed by atoms with Crippen LogP contribution in [-0.2, 0) is 12.8 Å². The summed E-state index contributed by atoms with van der Waals surface area (Å²) in [6, 6.07) is 0.696. The van der Waals surface area contributed by atoms with Crippen LogP contribution in [0.1, 0.15) is 31.7 Å². The number of hydrogen-bond acceptors (Lipinski definition) is 2. The molecule has 0 aromatic carbocycles. The quantitative estimate of drug-likeness (QED) is 0.755. The highest BCUT2D eigenvalue weighted by Gasteiger charge is 2.19. The van der Waals surface area contributed by atoms with Gasteiger partial charge in [0.1, 0.15) is 0 Å². The largest absolute Gasteiger partial charge is 0.465 e. The topological polar surface area (TPSA) is 37.9 Å². The highest BCUT2D eigenvalue weighted by molar-refractivity contribution is 5.20. The molecule has 0 radical (unpaired) electrons. The van der Waals surface area contributed by atoms with E-state index in [-0.39, 0.29) is 0 Å². The predicted molar refractivity (Wildman–Crippen MR) is 50.9 cm³/mol. The van der Waals surface area contributed by atoms with Gasteiger partial charge in [0.05, 0.1) is 12.3 Å². The van der Waals surface area contributed by atoms with Gasteiger partial charge in [-0.2, -0.15) is 0 Å². The molecule has 1 atom stereocenters. The Morgan fingerprint density at radius 2 is 2.46 bits per heavy atom. The van der Waals surface area contributed by atoms with Crippen molar-refractivity contribution in [2.75, 3.05) is 6.61 Å². The average molecular weight is 180 g/mol. The molecule has 1 aliphatic rings. The minimum absolute atomic E-state index is 0.682. The number of ether oxygens (including phenoxy) is 1. The van der Waals surface area contributed by atoms with Crippen molar-refractivity contribution in [3.05, 3.63) is 11.4 Å². The number of H-pyrrole nitrogens is 1. The monoisotopic (exact) mass is 180 g/mol. The second-order valence-corrected chi connectivity index (χ2v) is 3.75. The van der Waals surface area contributed by atoms with Gasteiger partial charge in [-0.3, -0.25) is 0 Å². The summed E-state index contributed by atoms with van der Waals surface area (Å²) in [5, 5.41) is 0. The Hall–Kier alpha value is -0.990. The molecule has 0 amide bonds. The van der Waals surface area contributed by atoms with E-state index in [0.717, 1.165) is 18.8 Å². The molecule has 0 saturated carbocycles. The molecule has 1 aliphatic carbocycles. The Kier molecular flexibility index (Phi) is 2.25. The van der Waals surface area contributed by atoms with Crippen molar-refractivity contribution in [3.63, 3.8) is 0 Å². The predicted octanol–water partition coefficient (Wildman–Crippen LogP) is 1.93. The van der Waals surface area contributed by atoms with Crippen LogP contribution in [0.25, 0.3) is 0 Å². The molecule has 0 bridgehead atoms. The van der Waals surface area contributed by atoms with Crippen molar-refractivity contribution in [1.82, 2.24) is 9.97 Å². The van der Waals surface area contributed by atoms with E-state index in [1.165, 1.54) is 17.8 Å². The first-order chi connectivity index (χ1) is 6.29. The van der Waals surface area contributed by atoms with E-state index in [2.05, 4.69) is 16.9 Å². The zero-order valence-corrected chi connectivity index (χ0v) is 8.26. The van der Waals surface area contributed by atoms with E-state index in [1.54, 1.807) is 0 Å². The fraction of sp³-hybridized carbons (Fsp3) is 0.700. The first-order valence-corrected chi connectivity index (χ1v) is 5.00. The standard InChI is InChI=1S/C10H16N2O/c1-3-13-10-11-8-5-4-7(2)6-9(8)12-10/h7H,3-6H2,1-2H3,(H,11,12). The second-order valence-electron chi connectivity index (χ2n) is 3.75. The van der Waals surface area contributed by atoms with Crippen LogP contribution in [0.5, 0.6) is 6.01 Å². The van der Waals surface area contributed by atoms with E-state index in [1.807, 2.05) is 6.92 Å². The van der Waals surface area contributed by atoms with Crippen LogP contribution >= 0.6 is 0 Å². The molecular formula is C10H16N2O. The summed E-state index contributed by atoms with van der Waals surface area (Å²) in [6.45, 7) is 4.94. The minimum Gasteiger partial charge on any atom is -0.465 e. The van der Waals surface area contributed by atoms with Gasteiger partial charge in [0.2, 0.25) is 0 Å². The van der Waals surface area contributed by atoms with E-state index in [0.29, 0.717) is 12.6 Å². The van der Waals surface area contributed by atoms with Gasteiger partial charge in [0, 0.05) is 5.69 Å². The summed E-state index contributed by atoms with van der Waals surface area (Å²) in [5.74, 6) is 0.780. The van der Waals surface area contributed by atoms with Crippen LogP contribution in [0.2, 0.25) is 0 Å². The molecule has 0 aliphatic heterocycles. The SMILES string of the molecule is CCOc1nc2c([nH]1)CC(C)CC2. The van der Waals surface area contributed by atoms with Crippen molar-refractivity contribution in [3.8, 4) is 6.01 Å². The number of aromatic nitrogens is 2. The summed E-state index contributed by atoms with van der Waals surface area (Å²) in [5.41, 5.74) is 2.49. The molecular weight excluding hydrogens is 164 g/mol. The Bertz CT molecular complexity index is 293. The van der Waals surface area contributed by atoms with Crippen LogP contribution < -0.4 is 4.74 Å². The second kappa shape index (κ2) is 3.40. The molecule has 13 heavy (non-hydrogen) atoms. The molecule has 0 spiro atoms. The van der Waals surface area contributed by atoms with Gasteiger partial charge in [-0.1, -0.05) is 6.92 Å². The summed E-state index contributed by atoms with van der Waals surface area (Å²) in [6.07, 6.45) is 3.47. The maximum Gasteiger partial charge on any atom is 0.293 e. The molecule has 0 fully saturated rings. The number of fused-ring (bicyclic) bond motifs is 1. The smallest absolute Gasteiger partial charge is 0.293 e. The van der Waals surface area contributed by atoms with Crippen LogP contribution in [0, 0.1) is 5.92 Å². The van der Waals surface area contributed by atoms with Crippen LogP contribution in [-0.4, -0.2) is 16.6 Å². The summed E-state index contributed by atoms with van der Waals surface area (Å²) < 4.78 is 5.33. The molecule has 1 aromatic rings. The molecule has 72 valence electrons. The van der Waals surface area contributed by atoms with Crippen molar-refractivity contribution in [2.24, 2.45) is 5.92 Å². The number of hydrogen-bond donors (Lipinski definition) is 1. The van der Waals surface area contributed by atoms with Gasteiger partial charge in [-0.25, -0.2) is 4.98 Å². The molecule has 0 saturated heterocycles. The maximum absolute atomic E-state index is 5.33. The zero-order chi connectivity index (χ0) is 9.26. The third-order valence-electron chi connectivity index (χ3n) is 2.55. The molecule has 3 nitrogen and oxygen atoms in total. The molecule has 1 heterocycles. The minimum atomic E-state index is 0.682. The van der Waals surface area contributed by atoms with Crippen molar-refractivity contribution in [1.29, 1.82) is 0 Å². The first-order valence-electron chi connectivity index (χ1n) is 5.00. The third-order valence-corrected chi connectivity index (χ3v) is 2.55. The van der Waals surface area contributed by atoms with E-state index >= 15 is 0 Å². The molecule has 1 aromatic heterocycles. The first kappa shape index (κ1) is 8.60. The Labute approximate surface area is 78.5 Å². The fourth-order valence-corrected chi connectivity index (χ4v) is 1.83. The summed E-state index contributed by atoms with van der Waals surface area (Å²) >= 11 is 0. The van der Waals surface area contributed by atoms with E-state index in [9.17, 15) is 0 Å². The van der Waals surface area contributed by atoms with E-state index < -0.39 is 0 Å². The molecule has 3 heteroatoms. The van der Waals surface area contributed by atoms with Crippen LogP contribution in [0.3, 0.4) is 0 Å². The fourth-order valence-electron chi connectivity index (χ4n) is 1.83. The lowest BCUT2D eigenvalue weighted by Crippen LogP contribution is -2.10. The van der Waals surface area contributed by atoms with Crippen LogP contribution in [0.4, 0.5) is 0 Å². The van der Waals surface area contributed by atoms with Crippen LogP contribution in [0.15, 0.2) is 0 Å². The highest BCUT2D eigenvalue weighted by atomic mass is 16.5. The lowest BCUT2D eigenvalue weighted by Gasteiger charge is -2.15. The number of aryl methyl sites for hydroxylation is 1. The van der Waals surface area contributed by atoms with Gasteiger partial charge in [0.15, 0.2) is 0 Å². The maximum atomic E-state index is 5.33. The average Bonchev–Trinajstić information content (AvgIpc) is 2.46. The summed E-state index contributed by atoms with van der Waals surface area (Å²) in [7, 11) is 0. The lowest BCUT2D eigenvalue weighted by atomic mass is 9.92. The number of nitrogens with zero attached hydrogens (tertiary/aromatic N) is 1. The van der Waals surface area contributed by atoms with Crippen molar-refractivity contribution < 1.29 is 4.74 Å². The highest BCUT2D eigenvalue weighted by Crippen LogP contribution is 2.25. The van der Waals surface area contributed by atoms with Gasteiger partial charge >= 0.3 is 0 Å². The van der Waals surface area contributed by atoms with Gasteiger partial charge in [-0.05, 0) is 32.1 Å². The zero-order valence-electron chi connectivity index (χ0n) is 8.26. The molecule has 2 rings (SSSR count). The summed E-state index contributed by atoms with van der Waals surface area (Å²) in [4.78, 5) is 7.63. The Balaban J connectivity index is 2.18. The van der Waals surface area contributed by atoms with Gasteiger partial charge < -0.3 is 9.72 Å². The number of aromatic amines is 1. The van der Waals surface area contributed by atoms with Gasteiger partial charge in [-0.15, -0.1) is 0 Å². The normalized spacial score (nSPS) is 21.2. The number of imidazole rings is 1. The Morgan fingerprint density at radius 3 is 3.23 bits per heavy atom. The number of nitrogens with one attached hydrogen (secondary N) is 1. The number of rotatable bonds is 2. The van der Waals surface area contributed by atoms with E-state index in [4.69, 9.17) is 4.74 Å².